The van der Waals surface area contributed by atoms with Crippen LogP contribution in [0.5, 0.6) is 0 Å². The van der Waals surface area contributed by atoms with E-state index in [1.807, 2.05) is 23.0 Å². The summed E-state index contributed by atoms with van der Waals surface area (Å²) in [6.07, 6.45) is 0. The minimum Gasteiger partial charge on any atom is -0.377 e. The van der Waals surface area contributed by atoms with Gasteiger partial charge in [-0.1, -0.05) is 0 Å². The third-order valence-corrected chi connectivity index (χ3v) is 7.52. The van der Waals surface area contributed by atoms with Crippen molar-refractivity contribution in [3.63, 3.8) is 0 Å². The molecule has 0 aliphatic rings. The van der Waals surface area contributed by atoms with Crippen molar-refractivity contribution in [1.82, 2.24) is 9.13 Å². The molecule has 0 atom stereocenters. The molecule has 0 aromatic carbocycles. The second kappa shape index (κ2) is 10.7. The molecule has 0 N–H and O–H groups in total. The van der Waals surface area contributed by atoms with E-state index in [0.29, 0.717) is 57.2 Å². The third-order valence-electron chi connectivity index (χ3n) is 4.22. The molecule has 0 aliphatic heterocycles. The molecule has 154 valence electrons. The van der Waals surface area contributed by atoms with Crippen molar-refractivity contribution in [2.24, 2.45) is 0 Å². The lowest BCUT2D eigenvalue weighted by molar-refractivity contribution is 0.0417. The summed E-state index contributed by atoms with van der Waals surface area (Å²) in [6, 6.07) is 0. The first-order valence-corrected chi connectivity index (χ1v) is 11.3. The van der Waals surface area contributed by atoms with Crippen LogP contribution in [-0.4, -0.2) is 47.1 Å². The fourth-order valence-electron chi connectivity index (χ4n) is 2.76. The van der Waals surface area contributed by atoms with Crippen LogP contribution in [0.15, 0.2) is 0 Å². The van der Waals surface area contributed by atoms with Crippen LogP contribution in [0.4, 0.5) is 0 Å². The first-order chi connectivity index (χ1) is 13.2. The van der Waals surface area contributed by atoms with Gasteiger partial charge in [-0.25, -0.2) is 0 Å². The quantitative estimate of drug-likeness (QED) is 0.277. The van der Waals surface area contributed by atoms with Crippen LogP contribution in [0.3, 0.4) is 0 Å². The summed E-state index contributed by atoms with van der Waals surface area (Å²) in [5.74, 6) is 0.0797. The molecular formula is C18H24N2O4S4. The number of ketones is 2. The average Bonchev–Trinajstić information content (AvgIpc) is 3.07. The Bertz CT molecular complexity index is 889. The number of hydrogen-bond acceptors (Lipinski definition) is 8. The lowest BCUT2D eigenvalue weighted by Gasteiger charge is -2.09. The van der Waals surface area contributed by atoms with Crippen LogP contribution >= 0.6 is 47.1 Å². The first-order valence-electron chi connectivity index (χ1n) is 8.81. The Balaban J connectivity index is 1.69. The predicted molar refractivity (Wildman–Crippen MR) is 117 cm³/mol. The van der Waals surface area contributed by atoms with E-state index in [4.69, 9.17) is 33.9 Å². The smallest absolute Gasteiger partial charge is 0.171 e. The highest BCUT2D eigenvalue weighted by Gasteiger charge is 2.13. The summed E-state index contributed by atoms with van der Waals surface area (Å²) in [5.41, 5.74) is 1.80. The molecule has 0 amide bonds. The monoisotopic (exact) mass is 460 g/mol. The summed E-state index contributed by atoms with van der Waals surface area (Å²) in [6.45, 7) is 10.1. The highest BCUT2D eigenvalue weighted by molar-refractivity contribution is 7.73. The Morgan fingerprint density at radius 1 is 0.786 bits per heavy atom. The fraction of sp³-hybridized carbons (Fsp3) is 0.556. The van der Waals surface area contributed by atoms with Crippen LogP contribution in [-0.2, 0) is 22.6 Å². The van der Waals surface area contributed by atoms with Gasteiger partial charge in [0.1, 0.15) is 0 Å². The minimum absolute atomic E-state index is 0.0399. The molecule has 2 heterocycles. The molecule has 0 bridgehead atoms. The highest BCUT2D eigenvalue weighted by Crippen LogP contribution is 2.20. The Morgan fingerprint density at radius 2 is 1.14 bits per heavy atom. The number of hydrogen-bond donors (Lipinski definition) is 0. The van der Waals surface area contributed by atoms with Crippen molar-refractivity contribution in [3.05, 3.63) is 29.1 Å². The van der Waals surface area contributed by atoms with E-state index in [1.165, 1.54) is 22.7 Å². The van der Waals surface area contributed by atoms with E-state index in [0.717, 1.165) is 11.4 Å². The minimum atomic E-state index is 0.0399. The van der Waals surface area contributed by atoms with Crippen LogP contribution in [0.25, 0.3) is 0 Å². The topological polar surface area (TPSA) is 62.5 Å². The van der Waals surface area contributed by atoms with Gasteiger partial charge in [0, 0.05) is 38.3 Å². The normalized spacial score (nSPS) is 11.1. The number of carbonyl (C=O) groups excluding carboxylic acids is 2. The van der Waals surface area contributed by atoms with Crippen molar-refractivity contribution in [2.75, 3.05) is 26.4 Å². The molecule has 0 spiro atoms. The molecule has 2 aromatic heterocycles. The molecule has 0 saturated carbocycles. The van der Waals surface area contributed by atoms with Crippen molar-refractivity contribution < 1.29 is 19.1 Å². The summed E-state index contributed by atoms with van der Waals surface area (Å²) < 4.78 is 16.5. The molecule has 2 aromatic rings. The van der Waals surface area contributed by atoms with Crippen LogP contribution in [0, 0.1) is 21.8 Å². The number of Topliss-reactive ketones (excluding diaryl/α,β-unsaturated/α-hetero) is 2. The molecule has 6 nitrogen and oxygen atoms in total. The lowest BCUT2D eigenvalue weighted by Crippen LogP contribution is -2.14. The fourth-order valence-corrected chi connectivity index (χ4v) is 5.54. The molecule has 2 rings (SSSR count). The molecule has 10 heteroatoms. The number of carbonyl (C=O) groups is 2. The maximum absolute atomic E-state index is 11.6. The summed E-state index contributed by atoms with van der Waals surface area (Å²) >= 11 is 13.3. The molecule has 0 radical (unpaired) electrons. The third kappa shape index (κ3) is 5.74. The number of nitrogens with zero attached hydrogens (tertiary/aromatic N) is 2. The van der Waals surface area contributed by atoms with Gasteiger partial charge in [-0.05, 0) is 38.3 Å². The zero-order valence-corrected chi connectivity index (χ0v) is 19.7. The van der Waals surface area contributed by atoms with Gasteiger partial charge in [0.15, 0.2) is 19.5 Å². The van der Waals surface area contributed by atoms with Crippen LogP contribution in [0.2, 0.25) is 0 Å². The van der Waals surface area contributed by atoms with Crippen molar-refractivity contribution in [2.45, 2.75) is 40.8 Å². The second-order valence-electron chi connectivity index (χ2n) is 6.21. The van der Waals surface area contributed by atoms with Gasteiger partial charge >= 0.3 is 0 Å². The SMILES string of the molecule is CC(=O)c1sc(=S)n(CCOCCOCCn2c(C)c(C(C)=O)sc2=S)c1C. The molecule has 28 heavy (non-hydrogen) atoms. The Morgan fingerprint density at radius 3 is 1.43 bits per heavy atom. The van der Waals surface area contributed by atoms with Gasteiger partial charge < -0.3 is 18.6 Å². The van der Waals surface area contributed by atoms with E-state index in [-0.39, 0.29) is 11.6 Å². The Labute approximate surface area is 182 Å². The van der Waals surface area contributed by atoms with E-state index in [1.54, 1.807) is 13.8 Å². The number of thiazole rings is 2. The van der Waals surface area contributed by atoms with Gasteiger partial charge in [-0.2, -0.15) is 0 Å². The zero-order valence-electron chi connectivity index (χ0n) is 16.4. The van der Waals surface area contributed by atoms with Gasteiger partial charge in [-0.15, -0.1) is 22.7 Å². The van der Waals surface area contributed by atoms with Gasteiger partial charge in [0.25, 0.3) is 0 Å². The number of aromatic nitrogens is 2. The lowest BCUT2D eigenvalue weighted by atomic mass is 10.3. The maximum Gasteiger partial charge on any atom is 0.171 e. The predicted octanol–water partition coefficient (Wildman–Crippen LogP) is 4.63. The van der Waals surface area contributed by atoms with Crippen molar-refractivity contribution in [3.8, 4) is 0 Å². The Kier molecular flexibility index (Phi) is 8.84. The van der Waals surface area contributed by atoms with Crippen molar-refractivity contribution in [1.29, 1.82) is 0 Å². The van der Waals surface area contributed by atoms with E-state index in [9.17, 15) is 9.59 Å². The molecule has 0 unspecified atom stereocenters. The zero-order chi connectivity index (χ0) is 20.8. The Hall–Kier alpha value is -1.04. The molecule has 0 fully saturated rings. The van der Waals surface area contributed by atoms with E-state index in [2.05, 4.69) is 0 Å². The summed E-state index contributed by atoms with van der Waals surface area (Å²) in [7, 11) is 0. The summed E-state index contributed by atoms with van der Waals surface area (Å²) in [5, 5.41) is 0. The van der Waals surface area contributed by atoms with Gasteiger partial charge in [-0.3, -0.25) is 9.59 Å². The van der Waals surface area contributed by atoms with E-state index >= 15 is 0 Å². The average molecular weight is 461 g/mol. The standard InChI is InChI=1S/C18H24N2O4S4/c1-11-15(13(3)21)27-17(25)19(11)5-7-23-9-10-24-8-6-20-12(2)16(14(4)22)28-18(20)26/h5-10H2,1-4H3. The first kappa shape index (κ1) is 23.2. The van der Waals surface area contributed by atoms with Gasteiger partial charge in [0.2, 0.25) is 0 Å². The number of rotatable bonds is 11. The van der Waals surface area contributed by atoms with Crippen LogP contribution in [0.1, 0.15) is 44.6 Å². The summed E-state index contributed by atoms with van der Waals surface area (Å²) in [4.78, 5) is 24.6. The van der Waals surface area contributed by atoms with E-state index < -0.39 is 0 Å². The highest BCUT2D eigenvalue weighted by atomic mass is 32.2. The van der Waals surface area contributed by atoms with Crippen LogP contribution < -0.4 is 0 Å². The second-order valence-corrected chi connectivity index (χ2v) is 9.49. The van der Waals surface area contributed by atoms with Crippen molar-refractivity contribution >= 4 is 58.7 Å². The largest absolute Gasteiger partial charge is 0.377 e. The van der Waals surface area contributed by atoms with Gasteiger partial charge in [0.05, 0.1) is 36.2 Å². The molecule has 0 saturated heterocycles. The molecule has 0 aliphatic carbocycles. The molecular weight excluding hydrogens is 436 g/mol. The maximum atomic E-state index is 11.6. The number of ether oxygens (including phenoxy) is 2.